The number of piperidine rings is 1. The maximum atomic E-state index is 9.72. The molecule has 0 spiro atoms. The topological polar surface area (TPSA) is 52.5 Å². The van der Waals surface area contributed by atoms with E-state index < -0.39 is 0 Å². The Morgan fingerprint density at radius 3 is 2.40 bits per heavy atom. The van der Waals surface area contributed by atoms with Crippen LogP contribution in [0.5, 0.6) is 11.5 Å². The van der Waals surface area contributed by atoms with Gasteiger partial charge in [-0.3, -0.25) is 0 Å². The fourth-order valence-electron chi connectivity index (χ4n) is 3.08. The standard InChI is InChI=1S/C17H19NO2/c19-16-7-6-13(10-17(16)20)15-11-18-9-8-14(15)12-4-2-1-3-5-12/h1-7,10,14-15,18-20H,8-9,11H2/t14-,15+/m0/s1. The summed E-state index contributed by atoms with van der Waals surface area (Å²) in [5.74, 6) is 0.660. The second-order valence-electron chi connectivity index (χ2n) is 5.36. The van der Waals surface area contributed by atoms with Gasteiger partial charge in [0.2, 0.25) is 0 Å². The molecule has 104 valence electrons. The lowest BCUT2D eigenvalue weighted by Crippen LogP contribution is -2.33. The van der Waals surface area contributed by atoms with Gasteiger partial charge in [0.15, 0.2) is 11.5 Å². The highest BCUT2D eigenvalue weighted by Crippen LogP contribution is 2.39. The molecule has 0 unspecified atom stereocenters. The van der Waals surface area contributed by atoms with E-state index in [1.807, 2.05) is 12.1 Å². The Hall–Kier alpha value is -2.00. The van der Waals surface area contributed by atoms with Gasteiger partial charge in [0.1, 0.15) is 0 Å². The number of phenols is 2. The number of hydrogen-bond donors (Lipinski definition) is 3. The van der Waals surface area contributed by atoms with Crippen molar-refractivity contribution in [1.82, 2.24) is 5.32 Å². The molecule has 2 atom stereocenters. The number of benzene rings is 2. The lowest BCUT2D eigenvalue weighted by Gasteiger charge is -2.33. The molecule has 0 radical (unpaired) electrons. The number of nitrogens with one attached hydrogen (secondary N) is 1. The minimum absolute atomic E-state index is 0.0418. The molecule has 1 saturated heterocycles. The van der Waals surface area contributed by atoms with Crippen LogP contribution in [-0.4, -0.2) is 23.3 Å². The van der Waals surface area contributed by atoms with Crippen LogP contribution in [0.3, 0.4) is 0 Å². The minimum Gasteiger partial charge on any atom is -0.504 e. The summed E-state index contributed by atoms with van der Waals surface area (Å²) >= 11 is 0. The number of aromatic hydroxyl groups is 2. The van der Waals surface area contributed by atoms with E-state index in [4.69, 9.17) is 0 Å². The van der Waals surface area contributed by atoms with Gasteiger partial charge in [-0.25, -0.2) is 0 Å². The molecule has 3 rings (SSSR count). The van der Waals surface area contributed by atoms with E-state index in [2.05, 4.69) is 29.6 Å². The lowest BCUT2D eigenvalue weighted by atomic mass is 9.77. The highest BCUT2D eigenvalue weighted by Gasteiger charge is 2.28. The first-order valence-corrected chi connectivity index (χ1v) is 7.03. The predicted octanol–water partition coefficient (Wildman–Crippen LogP) is 2.96. The lowest BCUT2D eigenvalue weighted by molar-refractivity contribution is 0.390. The molecular weight excluding hydrogens is 250 g/mol. The Bertz CT molecular complexity index is 583. The van der Waals surface area contributed by atoms with Gasteiger partial charge < -0.3 is 15.5 Å². The second kappa shape index (κ2) is 5.55. The molecular formula is C17H19NO2. The van der Waals surface area contributed by atoms with Crippen molar-refractivity contribution in [2.45, 2.75) is 18.3 Å². The fraction of sp³-hybridized carbons (Fsp3) is 0.294. The van der Waals surface area contributed by atoms with Gasteiger partial charge in [-0.2, -0.15) is 0 Å². The van der Waals surface area contributed by atoms with E-state index in [0.29, 0.717) is 11.8 Å². The van der Waals surface area contributed by atoms with Crippen LogP contribution in [0.1, 0.15) is 29.4 Å². The molecule has 20 heavy (non-hydrogen) atoms. The molecule has 1 aliphatic rings. The molecule has 3 N–H and O–H groups in total. The Balaban J connectivity index is 1.94. The highest BCUT2D eigenvalue weighted by atomic mass is 16.3. The molecule has 0 aliphatic carbocycles. The van der Waals surface area contributed by atoms with Crippen LogP contribution in [0.4, 0.5) is 0 Å². The summed E-state index contributed by atoms with van der Waals surface area (Å²) < 4.78 is 0. The first kappa shape index (κ1) is 13.0. The smallest absolute Gasteiger partial charge is 0.157 e. The first-order chi connectivity index (χ1) is 9.75. The fourth-order valence-corrected chi connectivity index (χ4v) is 3.08. The maximum absolute atomic E-state index is 9.72. The number of hydrogen-bond acceptors (Lipinski definition) is 3. The van der Waals surface area contributed by atoms with E-state index in [1.54, 1.807) is 12.1 Å². The monoisotopic (exact) mass is 269 g/mol. The Morgan fingerprint density at radius 2 is 1.65 bits per heavy atom. The van der Waals surface area contributed by atoms with Crippen molar-refractivity contribution in [3.63, 3.8) is 0 Å². The van der Waals surface area contributed by atoms with E-state index in [0.717, 1.165) is 25.1 Å². The highest BCUT2D eigenvalue weighted by molar-refractivity contribution is 5.43. The summed E-state index contributed by atoms with van der Waals surface area (Å²) in [6, 6.07) is 15.7. The summed E-state index contributed by atoms with van der Waals surface area (Å²) in [5.41, 5.74) is 2.41. The van der Waals surface area contributed by atoms with E-state index >= 15 is 0 Å². The molecule has 3 nitrogen and oxygen atoms in total. The van der Waals surface area contributed by atoms with Gasteiger partial charge in [0.25, 0.3) is 0 Å². The molecule has 3 heteroatoms. The van der Waals surface area contributed by atoms with Crippen molar-refractivity contribution < 1.29 is 10.2 Å². The van der Waals surface area contributed by atoms with Crippen molar-refractivity contribution in [1.29, 1.82) is 0 Å². The third-order valence-electron chi connectivity index (χ3n) is 4.14. The van der Waals surface area contributed by atoms with Crippen molar-refractivity contribution in [3.8, 4) is 11.5 Å². The first-order valence-electron chi connectivity index (χ1n) is 7.03. The predicted molar refractivity (Wildman–Crippen MR) is 79.2 cm³/mol. The normalized spacial score (nSPS) is 22.6. The van der Waals surface area contributed by atoms with Crippen LogP contribution in [0, 0.1) is 0 Å². The summed E-state index contributed by atoms with van der Waals surface area (Å²) in [6.07, 6.45) is 1.08. The average Bonchev–Trinajstić information content (AvgIpc) is 2.51. The maximum Gasteiger partial charge on any atom is 0.157 e. The van der Waals surface area contributed by atoms with Crippen LogP contribution in [0.2, 0.25) is 0 Å². The van der Waals surface area contributed by atoms with E-state index in [9.17, 15) is 10.2 Å². The van der Waals surface area contributed by atoms with Crippen molar-refractivity contribution in [2.24, 2.45) is 0 Å². The van der Waals surface area contributed by atoms with Gasteiger partial charge in [-0.1, -0.05) is 36.4 Å². The van der Waals surface area contributed by atoms with Crippen molar-refractivity contribution >= 4 is 0 Å². The van der Waals surface area contributed by atoms with Gasteiger partial charge in [-0.15, -0.1) is 0 Å². The average molecular weight is 269 g/mol. The molecule has 1 heterocycles. The van der Waals surface area contributed by atoms with Crippen LogP contribution >= 0.6 is 0 Å². The minimum atomic E-state index is -0.0613. The molecule has 1 fully saturated rings. The zero-order valence-corrected chi connectivity index (χ0v) is 11.3. The summed E-state index contributed by atoms with van der Waals surface area (Å²) in [5, 5.41) is 22.6. The van der Waals surface area contributed by atoms with E-state index in [1.165, 1.54) is 5.56 Å². The van der Waals surface area contributed by atoms with Gasteiger partial charge in [-0.05, 0) is 42.1 Å². The zero-order valence-electron chi connectivity index (χ0n) is 11.3. The molecule has 0 amide bonds. The number of rotatable bonds is 2. The van der Waals surface area contributed by atoms with Gasteiger partial charge in [0, 0.05) is 12.5 Å². The van der Waals surface area contributed by atoms with Crippen LogP contribution in [0.15, 0.2) is 48.5 Å². The largest absolute Gasteiger partial charge is 0.504 e. The third kappa shape index (κ3) is 2.49. The Labute approximate surface area is 118 Å². The van der Waals surface area contributed by atoms with Crippen LogP contribution < -0.4 is 5.32 Å². The number of phenolic OH excluding ortho intramolecular Hbond substituents is 2. The van der Waals surface area contributed by atoms with Crippen molar-refractivity contribution in [2.75, 3.05) is 13.1 Å². The van der Waals surface area contributed by atoms with Crippen LogP contribution in [-0.2, 0) is 0 Å². The summed E-state index contributed by atoms with van der Waals surface area (Å²) in [6.45, 7) is 1.91. The molecule has 0 saturated carbocycles. The van der Waals surface area contributed by atoms with Gasteiger partial charge >= 0.3 is 0 Å². The Kier molecular flexibility index (Phi) is 3.61. The molecule has 0 bridgehead atoms. The van der Waals surface area contributed by atoms with Gasteiger partial charge in [0.05, 0.1) is 0 Å². The molecule has 1 aliphatic heterocycles. The molecule has 0 aromatic heterocycles. The quantitative estimate of drug-likeness (QED) is 0.735. The van der Waals surface area contributed by atoms with Crippen molar-refractivity contribution in [3.05, 3.63) is 59.7 Å². The van der Waals surface area contributed by atoms with Crippen LogP contribution in [0.25, 0.3) is 0 Å². The molecule has 2 aromatic carbocycles. The second-order valence-corrected chi connectivity index (χ2v) is 5.36. The van der Waals surface area contributed by atoms with E-state index in [-0.39, 0.29) is 11.5 Å². The Morgan fingerprint density at radius 1 is 0.850 bits per heavy atom. The summed E-state index contributed by atoms with van der Waals surface area (Å²) in [4.78, 5) is 0. The zero-order chi connectivity index (χ0) is 13.9. The SMILES string of the molecule is Oc1ccc([C@H]2CNCC[C@H]2c2ccccc2)cc1O. The molecule has 2 aromatic rings. The third-order valence-corrected chi connectivity index (χ3v) is 4.14. The summed E-state index contributed by atoms with van der Waals surface area (Å²) in [7, 11) is 0.